The first-order valence-corrected chi connectivity index (χ1v) is 10.2. The molecule has 1 atom stereocenters. The van der Waals surface area contributed by atoms with Gasteiger partial charge in [0.25, 0.3) is 5.56 Å². The Morgan fingerprint density at radius 3 is 2.77 bits per heavy atom. The molecule has 0 aromatic carbocycles. The van der Waals surface area contributed by atoms with Gasteiger partial charge in [0, 0.05) is 50.3 Å². The number of nitrogens with zero attached hydrogens (tertiary/aromatic N) is 3. The molecule has 0 amide bonds. The molecule has 2 aromatic heterocycles. The van der Waals surface area contributed by atoms with E-state index in [0.717, 1.165) is 25.3 Å². The molecule has 9 heteroatoms. The highest BCUT2D eigenvalue weighted by Gasteiger charge is 2.38. The van der Waals surface area contributed by atoms with E-state index in [1.54, 1.807) is 35.2 Å². The van der Waals surface area contributed by atoms with Gasteiger partial charge in [-0.1, -0.05) is 6.07 Å². The van der Waals surface area contributed by atoms with Crippen LogP contribution in [0.5, 0.6) is 5.75 Å². The van der Waals surface area contributed by atoms with Gasteiger partial charge in [0.2, 0.25) is 5.88 Å². The topological polar surface area (TPSA) is 109 Å². The second-order valence-corrected chi connectivity index (χ2v) is 7.57. The number of aromatic nitrogens is 2. The van der Waals surface area contributed by atoms with E-state index in [9.17, 15) is 9.59 Å². The number of ether oxygens (including phenoxy) is 3. The molecule has 0 aliphatic carbocycles. The molecule has 0 unspecified atom stereocenters. The van der Waals surface area contributed by atoms with Gasteiger partial charge in [-0.25, -0.2) is 4.79 Å². The maximum atomic E-state index is 13.7. The average molecular weight is 426 g/mol. The minimum Gasteiger partial charge on any atom is -0.465 e. The van der Waals surface area contributed by atoms with E-state index in [0.29, 0.717) is 36.6 Å². The molecule has 4 rings (SSSR count). The summed E-state index contributed by atoms with van der Waals surface area (Å²) in [6.07, 6.45) is 3.25. The first-order chi connectivity index (χ1) is 15.0. The Morgan fingerprint density at radius 2 is 2.10 bits per heavy atom. The highest BCUT2D eigenvalue weighted by atomic mass is 16.5. The van der Waals surface area contributed by atoms with Crippen molar-refractivity contribution >= 4 is 5.97 Å². The monoisotopic (exact) mass is 426 g/mol. The molecule has 164 valence electrons. The van der Waals surface area contributed by atoms with E-state index < -0.39 is 11.9 Å². The molecular weight excluding hydrogens is 400 g/mol. The second-order valence-electron chi connectivity index (χ2n) is 7.57. The van der Waals surface area contributed by atoms with E-state index in [2.05, 4.69) is 9.88 Å². The van der Waals surface area contributed by atoms with Gasteiger partial charge in [-0.2, -0.15) is 0 Å². The number of pyridine rings is 2. The summed E-state index contributed by atoms with van der Waals surface area (Å²) in [5.41, 5.74) is 7.77. The molecule has 2 aliphatic rings. The third kappa shape index (κ3) is 4.06. The number of hydrogen-bond donors (Lipinski definition) is 1. The third-order valence-corrected chi connectivity index (χ3v) is 5.74. The number of esters is 1. The van der Waals surface area contributed by atoms with Gasteiger partial charge in [-0.3, -0.25) is 14.7 Å². The zero-order chi connectivity index (χ0) is 22.0. The number of hydrogen-bond acceptors (Lipinski definition) is 8. The van der Waals surface area contributed by atoms with Crippen LogP contribution in [-0.2, 0) is 20.8 Å². The Morgan fingerprint density at radius 1 is 1.32 bits per heavy atom. The standard InChI is InChI=1S/C22H26N4O5/c1-14-12-16-18(21(27)26(14)7-6-25-8-10-30-11-9-25)17(15-4-3-5-24-13-15)19(20(23)31-16)22(28)29-2/h3-5,12-13,17H,6-11,23H2,1-2H3/t17-/m0/s1. The number of aryl methyl sites for hydroxylation is 1. The smallest absolute Gasteiger partial charge is 0.340 e. The van der Waals surface area contributed by atoms with E-state index in [1.165, 1.54) is 7.11 Å². The lowest BCUT2D eigenvalue weighted by Crippen LogP contribution is -2.40. The largest absolute Gasteiger partial charge is 0.465 e. The highest BCUT2D eigenvalue weighted by molar-refractivity contribution is 5.92. The lowest BCUT2D eigenvalue weighted by Gasteiger charge is -2.30. The van der Waals surface area contributed by atoms with Crippen LogP contribution in [-0.4, -0.2) is 60.4 Å². The van der Waals surface area contributed by atoms with Gasteiger partial charge < -0.3 is 24.5 Å². The van der Waals surface area contributed by atoms with Crippen molar-refractivity contribution in [2.24, 2.45) is 5.73 Å². The second kappa shape index (κ2) is 8.91. The Balaban J connectivity index is 1.79. The molecular formula is C22H26N4O5. The van der Waals surface area contributed by atoms with E-state index >= 15 is 0 Å². The summed E-state index contributed by atoms with van der Waals surface area (Å²) in [5, 5.41) is 0. The lowest BCUT2D eigenvalue weighted by atomic mass is 9.84. The lowest BCUT2D eigenvalue weighted by molar-refractivity contribution is -0.136. The van der Waals surface area contributed by atoms with Crippen LogP contribution in [0.3, 0.4) is 0 Å². The summed E-state index contributed by atoms with van der Waals surface area (Å²) >= 11 is 0. The number of rotatable bonds is 5. The highest BCUT2D eigenvalue weighted by Crippen LogP contribution is 2.40. The number of nitrogens with two attached hydrogens (primary N) is 1. The van der Waals surface area contributed by atoms with Gasteiger partial charge in [0.15, 0.2) is 0 Å². The molecule has 2 aromatic rings. The molecule has 4 heterocycles. The maximum Gasteiger partial charge on any atom is 0.340 e. The normalized spacial score (nSPS) is 19.0. The van der Waals surface area contributed by atoms with Crippen LogP contribution in [0.1, 0.15) is 22.7 Å². The van der Waals surface area contributed by atoms with Crippen LogP contribution >= 0.6 is 0 Å². The van der Waals surface area contributed by atoms with Gasteiger partial charge in [0.05, 0.1) is 31.8 Å². The predicted octanol–water partition coefficient (Wildman–Crippen LogP) is 0.752. The Kier molecular flexibility index (Phi) is 6.06. The number of morpholine rings is 1. The number of carbonyl (C=O) groups is 1. The van der Waals surface area contributed by atoms with Crippen molar-refractivity contribution in [2.45, 2.75) is 19.4 Å². The first-order valence-electron chi connectivity index (χ1n) is 10.2. The fourth-order valence-corrected chi connectivity index (χ4v) is 4.12. The van der Waals surface area contributed by atoms with Crippen LogP contribution in [0.15, 0.2) is 46.8 Å². The number of carbonyl (C=O) groups excluding carboxylic acids is 1. The Labute approximate surface area is 180 Å². The number of methoxy groups -OCH3 is 1. The molecule has 1 fully saturated rings. The molecule has 2 N–H and O–H groups in total. The molecule has 9 nitrogen and oxygen atoms in total. The minimum absolute atomic E-state index is 0.0712. The SMILES string of the molecule is COC(=O)C1=C(N)Oc2cc(C)n(CCN3CCOCC3)c(=O)c2[C@@H]1c1cccnc1. The molecule has 0 bridgehead atoms. The molecule has 0 radical (unpaired) electrons. The van der Waals surface area contributed by atoms with Crippen LogP contribution in [0.2, 0.25) is 0 Å². The maximum absolute atomic E-state index is 13.7. The summed E-state index contributed by atoms with van der Waals surface area (Å²) in [6.45, 7) is 6.17. The molecule has 2 aliphatic heterocycles. The summed E-state index contributed by atoms with van der Waals surface area (Å²) in [5.74, 6) is -1.09. The quantitative estimate of drug-likeness (QED) is 0.698. The Hall–Kier alpha value is -3.17. The van der Waals surface area contributed by atoms with Crippen LogP contribution in [0, 0.1) is 6.92 Å². The van der Waals surface area contributed by atoms with E-state index in [-0.39, 0.29) is 17.0 Å². The van der Waals surface area contributed by atoms with Crippen LogP contribution in [0.25, 0.3) is 0 Å². The molecule has 0 spiro atoms. The van der Waals surface area contributed by atoms with Gasteiger partial charge in [-0.15, -0.1) is 0 Å². The molecule has 31 heavy (non-hydrogen) atoms. The van der Waals surface area contributed by atoms with Gasteiger partial charge in [0.1, 0.15) is 11.3 Å². The van der Waals surface area contributed by atoms with Crippen LogP contribution < -0.4 is 16.0 Å². The van der Waals surface area contributed by atoms with Crippen molar-refractivity contribution < 1.29 is 19.0 Å². The average Bonchev–Trinajstić information content (AvgIpc) is 2.78. The predicted molar refractivity (Wildman–Crippen MR) is 113 cm³/mol. The van der Waals surface area contributed by atoms with Crippen molar-refractivity contribution in [1.82, 2.24) is 14.5 Å². The number of fused-ring (bicyclic) bond motifs is 1. The Bertz CT molecular complexity index is 1060. The van der Waals surface area contributed by atoms with E-state index in [1.807, 2.05) is 6.92 Å². The third-order valence-electron chi connectivity index (χ3n) is 5.74. The van der Waals surface area contributed by atoms with Crippen LogP contribution in [0.4, 0.5) is 0 Å². The van der Waals surface area contributed by atoms with Gasteiger partial charge >= 0.3 is 5.97 Å². The molecule has 1 saturated heterocycles. The summed E-state index contributed by atoms with van der Waals surface area (Å²) in [7, 11) is 1.27. The summed E-state index contributed by atoms with van der Waals surface area (Å²) in [4.78, 5) is 32.7. The summed E-state index contributed by atoms with van der Waals surface area (Å²) in [6, 6.07) is 5.35. The fourth-order valence-electron chi connectivity index (χ4n) is 4.12. The van der Waals surface area contributed by atoms with Crippen molar-refractivity contribution in [1.29, 1.82) is 0 Å². The van der Waals surface area contributed by atoms with Crippen molar-refractivity contribution in [2.75, 3.05) is 40.0 Å². The fraction of sp³-hybridized carbons (Fsp3) is 0.409. The zero-order valence-corrected chi connectivity index (χ0v) is 17.7. The zero-order valence-electron chi connectivity index (χ0n) is 17.7. The first kappa shape index (κ1) is 21.1. The summed E-state index contributed by atoms with van der Waals surface area (Å²) < 4.78 is 17.8. The van der Waals surface area contributed by atoms with E-state index in [4.69, 9.17) is 19.9 Å². The van der Waals surface area contributed by atoms with Crippen molar-refractivity contribution in [3.8, 4) is 5.75 Å². The van der Waals surface area contributed by atoms with Crippen molar-refractivity contribution in [3.05, 3.63) is 69.2 Å². The molecule has 0 saturated carbocycles. The minimum atomic E-state index is -0.729. The van der Waals surface area contributed by atoms with Gasteiger partial charge in [-0.05, 0) is 18.6 Å². The van der Waals surface area contributed by atoms with Crippen molar-refractivity contribution in [3.63, 3.8) is 0 Å².